The van der Waals surface area contributed by atoms with Crippen molar-refractivity contribution in [2.75, 3.05) is 0 Å². The predicted octanol–water partition coefficient (Wildman–Crippen LogP) is 3.01. The third kappa shape index (κ3) is 3.11. The van der Waals surface area contributed by atoms with Crippen LogP contribution in [0.1, 0.15) is 43.9 Å². The first-order valence-electron chi connectivity index (χ1n) is 6.47. The Morgan fingerprint density at radius 2 is 2.05 bits per heavy atom. The zero-order chi connectivity index (χ0) is 14.9. The molecular weight excluding hydrogens is 292 g/mol. The number of aliphatic imine (C=N–C) groups is 2. The summed E-state index contributed by atoms with van der Waals surface area (Å²) in [6.07, 6.45) is 1.21. The second-order valence-electron chi connectivity index (χ2n) is 5.09. The van der Waals surface area contributed by atoms with E-state index in [-0.39, 0.29) is 11.1 Å². The number of hydrogen-bond acceptors (Lipinski definition) is 5. The fourth-order valence-corrected chi connectivity index (χ4v) is 2.21. The molecule has 1 aromatic rings. The molecule has 0 amide bonds. The molecule has 0 saturated carbocycles. The van der Waals surface area contributed by atoms with Crippen LogP contribution in [0.2, 0.25) is 0 Å². The second kappa shape index (κ2) is 6.08. The van der Waals surface area contributed by atoms with Gasteiger partial charge in [0.2, 0.25) is 0 Å². The first-order valence-corrected chi connectivity index (χ1v) is 7.26. The summed E-state index contributed by atoms with van der Waals surface area (Å²) in [5, 5.41) is 0.254. The van der Waals surface area contributed by atoms with Gasteiger partial charge in [0.25, 0.3) is 0 Å². The maximum absolute atomic E-state index is 6.00. The SMILES string of the molecule is CC(C)c1ccnc(C(C)C2=NC(N)C(=S)C(Cl)=N2)c1. The van der Waals surface area contributed by atoms with Gasteiger partial charge in [-0.3, -0.25) is 4.98 Å². The van der Waals surface area contributed by atoms with Gasteiger partial charge in [0.05, 0.1) is 16.5 Å². The van der Waals surface area contributed by atoms with E-state index in [0.29, 0.717) is 16.6 Å². The molecule has 0 fully saturated rings. The van der Waals surface area contributed by atoms with E-state index < -0.39 is 6.17 Å². The lowest BCUT2D eigenvalue weighted by molar-refractivity contribution is 0.837. The Morgan fingerprint density at radius 1 is 1.35 bits per heavy atom. The molecule has 0 bridgehead atoms. The van der Waals surface area contributed by atoms with Gasteiger partial charge in [0, 0.05) is 6.20 Å². The minimum atomic E-state index is -0.597. The number of amidine groups is 1. The zero-order valence-electron chi connectivity index (χ0n) is 11.7. The number of nitrogens with two attached hydrogens (primary N) is 1. The number of rotatable bonds is 3. The summed E-state index contributed by atoms with van der Waals surface area (Å²) in [7, 11) is 0. The summed E-state index contributed by atoms with van der Waals surface area (Å²) < 4.78 is 0. The van der Waals surface area contributed by atoms with E-state index in [4.69, 9.17) is 29.6 Å². The van der Waals surface area contributed by atoms with Gasteiger partial charge in [0.1, 0.15) is 17.2 Å². The van der Waals surface area contributed by atoms with Crippen LogP contribution in [0.4, 0.5) is 0 Å². The molecule has 0 spiro atoms. The minimum absolute atomic E-state index is 0.0726. The summed E-state index contributed by atoms with van der Waals surface area (Å²) in [4.78, 5) is 13.3. The molecule has 106 valence electrons. The highest BCUT2D eigenvalue weighted by molar-refractivity contribution is 7.82. The van der Waals surface area contributed by atoms with Gasteiger partial charge >= 0.3 is 0 Å². The molecule has 20 heavy (non-hydrogen) atoms. The van der Waals surface area contributed by atoms with Gasteiger partial charge in [-0.05, 0) is 30.5 Å². The standard InChI is InChI=1S/C14H17ClN4S/c1-7(2)9-4-5-17-10(6-9)8(3)14-18-12(15)11(20)13(16)19-14/h4-8,13H,16H2,1-3H3. The van der Waals surface area contributed by atoms with Crippen molar-refractivity contribution < 1.29 is 0 Å². The van der Waals surface area contributed by atoms with Crippen molar-refractivity contribution in [1.82, 2.24) is 4.98 Å². The molecular formula is C14H17ClN4S. The molecule has 1 aliphatic rings. The van der Waals surface area contributed by atoms with Gasteiger partial charge < -0.3 is 5.73 Å². The molecule has 4 nitrogen and oxygen atoms in total. The van der Waals surface area contributed by atoms with E-state index in [9.17, 15) is 0 Å². The predicted molar refractivity (Wildman–Crippen MR) is 88.0 cm³/mol. The number of aromatic nitrogens is 1. The van der Waals surface area contributed by atoms with Crippen LogP contribution in [0.15, 0.2) is 28.3 Å². The average molecular weight is 309 g/mol. The lowest BCUT2D eigenvalue weighted by atomic mass is 9.99. The van der Waals surface area contributed by atoms with Crippen LogP contribution in [0.5, 0.6) is 0 Å². The molecule has 0 aromatic carbocycles. The fourth-order valence-electron chi connectivity index (χ4n) is 1.91. The van der Waals surface area contributed by atoms with Crippen molar-refractivity contribution in [2.24, 2.45) is 15.7 Å². The van der Waals surface area contributed by atoms with Crippen LogP contribution in [0.3, 0.4) is 0 Å². The van der Waals surface area contributed by atoms with Gasteiger partial charge in [-0.25, -0.2) is 9.98 Å². The molecule has 1 aliphatic heterocycles. The quantitative estimate of drug-likeness (QED) is 0.873. The van der Waals surface area contributed by atoms with Crippen LogP contribution in [-0.4, -0.2) is 27.0 Å². The number of halogens is 1. The third-order valence-electron chi connectivity index (χ3n) is 3.26. The largest absolute Gasteiger partial charge is 0.305 e. The van der Waals surface area contributed by atoms with E-state index in [0.717, 1.165) is 5.69 Å². The maximum atomic E-state index is 6.00. The lowest BCUT2D eigenvalue weighted by Crippen LogP contribution is -2.36. The van der Waals surface area contributed by atoms with Crippen molar-refractivity contribution in [3.63, 3.8) is 0 Å². The lowest BCUT2D eigenvalue weighted by Gasteiger charge is -2.19. The maximum Gasteiger partial charge on any atom is 0.148 e. The summed E-state index contributed by atoms with van der Waals surface area (Å²) in [6.45, 7) is 6.27. The molecule has 0 radical (unpaired) electrons. The topological polar surface area (TPSA) is 63.6 Å². The Hall–Kier alpha value is -1.17. The van der Waals surface area contributed by atoms with Crippen molar-refractivity contribution in [1.29, 1.82) is 0 Å². The van der Waals surface area contributed by atoms with E-state index in [1.807, 2.05) is 13.0 Å². The van der Waals surface area contributed by atoms with E-state index in [2.05, 4.69) is 34.9 Å². The van der Waals surface area contributed by atoms with E-state index in [1.165, 1.54) is 5.56 Å². The molecule has 2 unspecified atom stereocenters. The zero-order valence-corrected chi connectivity index (χ0v) is 13.2. The molecule has 0 aliphatic carbocycles. The third-order valence-corrected chi connectivity index (χ3v) is 4.09. The highest BCUT2D eigenvalue weighted by Gasteiger charge is 2.24. The fraction of sp³-hybridized carbons (Fsp3) is 0.429. The highest BCUT2D eigenvalue weighted by atomic mass is 35.5. The Labute approximate surface area is 129 Å². The summed E-state index contributed by atoms with van der Waals surface area (Å²) >= 11 is 11.0. The van der Waals surface area contributed by atoms with E-state index in [1.54, 1.807) is 6.20 Å². The molecule has 6 heteroatoms. The normalized spacial score (nSPS) is 20.7. The first-order chi connectivity index (χ1) is 9.40. The Bertz CT molecular complexity index is 595. The first kappa shape index (κ1) is 15.2. The number of pyridine rings is 1. The van der Waals surface area contributed by atoms with Crippen LogP contribution < -0.4 is 5.73 Å². The van der Waals surface area contributed by atoms with Crippen LogP contribution in [-0.2, 0) is 0 Å². The van der Waals surface area contributed by atoms with Crippen molar-refractivity contribution in [3.05, 3.63) is 29.6 Å². The monoisotopic (exact) mass is 308 g/mol. The highest BCUT2D eigenvalue weighted by Crippen LogP contribution is 2.22. The number of hydrogen-bond donors (Lipinski definition) is 1. The molecule has 2 rings (SSSR count). The Morgan fingerprint density at radius 3 is 2.65 bits per heavy atom. The Kier molecular flexibility index (Phi) is 4.62. The van der Waals surface area contributed by atoms with Gasteiger partial charge in [-0.1, -0.05) is 37.7 Å². The summed E-state index contributed by atoms with van der Waals surface area (Å²) in [6, 6.07) is 4.08. The molecule has 2 N–H and O–H groups in total. The Balaban J connectivity index is 2.32. The average Bonchev–Trinajstić information content (AvgIpc) is 2.43. The summed E-state index contributed by atoms with van der Waals surface area (Å²) in [5.74, 6) is 0.945. The van der Waals surface area contributed by atoms with Gasteiger partial charge in [-0.15, -0.1) is 0 Å². The van der Waals surface area contributed by atoms with Crippen molar-refractivity contribution >= 4 is 39.7 Å². The van der Waals surface area contributed by atoms with E-state index >= 15 is 0 Å². The smallest absolute Gasteiger partial charge is 0.148 e. The molecule has 2 atom stereocenters. The van der Waals surface area contributed by atoms with Crippen molar-refractivity contribution in [3.8, 4) is 0 Å². The van der Waals surface area contributed by atoms with Gasteiger partial charge in [0.15, 0.2) is 0 Å². The minimum Gasteiger partial charge on any atom is -0.305 e. The number of nitrogens with zero attached hydrogens (tertiary/aromatic N) is 3. The molecule has 2 heterocycles. The summed E-state index contributed by atoms with van der Waals surface area (Å²) in [5.41, 5.74) is 7.97. The van der Waals surface area contributed by atoms with Crippen molar-refractivity contribution in [2.45, 2.75) is 38.8 Å². The molecule has 0 saturated heterocycles. The van der Waals surface area contributed by atoms with Crippen LogP contribution >= 0.6 is 23.8 Å². The molecule has 1 aromatic heterocycles. The van der Waals surface area contributed by atoms with Gasteiger partial charge in [-0.2, -0.15) is 0 Å². The van der Waals surface area contributed by atoms with Crippen LogP contribution in [0.25, 0.3) is 0 Å². The second-order valence-corrected chi connectivity index (χ2v) is 5.89. The van der Waals surface area contributed by atoms with Crippen LogP contribution in [0, 0.1) is 0 Å². The number of thiocarbonyl (C=S) groups is 1.